The number of methoxy groups -OCH3 is 1. The van der Waals surface area contributed by atoms with Gasteiger partial charge >= 0.3 is 0 Å². The topological polar surface area (TPSA) is 12.5 Å². The molecule has 4 rings (SSSR count). The third kappa shape index (κ3) is 2.91. The average molecular weight is 343 g/mol. The Balaban J connectivity index is 1.80. The van der Waals surface area contributed by atoms with Crippen LogP contribution in [0.15, 0.2) is 78.9 Å². The fraction of sp³-hybridized carbons (Fsp3) is 0.250. The van der Waals surface area contributed by atoms with Gasteiger partial charge in [-0.2, -0.15) is 0 Å². The SMILES string of the molecule is COc1ccc(C2(C)c3ccccc3CCN2Cc2ccccc2)cc1. The van der Waals surface area contributed by atoms with Crippen LogP contribution in [-0.2, 0) is 18.5 Å². The van der Waals surface area contributed by atoms with Gasteiger partial charge in [0.2, 0.25) is 0 Å². The Morgan fingerprint density at radius 1 is 0.885 bits per heavy atom. The summed E-state index contributed by atoms with van der Waals surface area (Å²) in [4.78, 5) is 2.60. The van der Waals surface area contributed by atoms with Crippen LogP contribution in [0.1, 0.15) is 29.2 Å². The summed E-state index contributed by atoms with van der Waals surface area (Å²) in [6, 6.07) is 28.2. The number of hydrogen-bond acceptors (Lipinski definition) is 2. The third-order valence-electron chi connectivity index (χ3n) is 5.69. The van der Waals surface area contributed by atoms with E-state index in [9.17, 15) is 0 Å². The molecule has 1 aliphatic heterocycles. The normalized spacial score (nSPS) is 19.8. The number of hydrogen-bond donors (Lipinski definition) is 0. The van der Waals surface area contributed by atoms with Crippen LogP contribution in [0.2, 0.25) is 0 Å². The molecule has 0 spiro atoms. The van der Waals surface area contributed by atoms with E-state index in [1.165, 1.54) is 22.3 Å². The Bertz CT molecular complexity index is 872. The second kappa shape index (κ2) is 6.97. The van der Waals surface area contributed by atoms with Crippen molar-refractivity contribution in [1.29, 1.82) is 0 Å². The largest absolute Gasteiger partial charge is 0.497 e. The molecule has 0 saturated carbocycles. The van der Waals surface area contributed by atoms with E-state index in [2.05, 4.69) is 90.7 Å². The summed E-state index contributed by atoms with van der Waals surface area (Å²) in [6.45, 7) is 4.35. The Labute approximate surface area is 156 Å². The first kappa shape index (κ1) is 16.9. The monoisotopic (exact) mass is 343 g/mol. The van der Waals surface area contributed by atoms with Crippen LogP contribution in [-0.4, -0.2) is 18.6 Å². The molecule has 1 atom stereocenters. The van der Waals surface area contributed by atoms with Gasteiger partial charge in [-0.3, -0.25) is 4.90 Å². The van der Waals surface area contributed by atoms with Crippen molar-refractivity contribution in [1.82, 2.24) is 4.90 Å². The molecule has 26 heavy (non-hydrogen) atoms. The fourth-order valence-corrected chi connectivity index (χ4v) is 4.16. The van der Waals surface area contributed by atoms with E-state index < -0.39 is 0 Å². The first-order valence-electron chi connectivity index (χ1n) is 9.23. The zero-order valence-corrected chi connectivity index (χ0v) is 15.5. The first-order chi connectivity index (χ1) is 12.7. The average Bonchev–Trinajstić information content (AvgIpc) is 2.71. The lowest BCUT2D eigenvalue weighted by Crippen LogP contribution is -2.48. The Hall–Kier alpha value is -2.58. The molecule has 132 valence electrons. The molecule has 2 heteroatoms. The van der Waals surface area contributed by atoms with E-state index in [4.69, 9.17) is 4.74 Å². The summed E-state index contributed by atoms with van der Waals surface area (Å²) in [6.07, 6.45) is 1.09. The number of ether oxygens (including phenoxy) is 1. The molecule has 0 N–H and O–H groups in total. The van der Waals surface area contributed by atoms with Crippen molar-refractivity contribution in [2.45, 2.75) is 25.4 Å². The van der Waals surface area contributed by atoms with Crippen LogP contribution in [0.25, 0.3) is 0 Å². The van der Waals surface area contributed by atoms with Gasteiger partial charge < -0.3 is 4.74 Å². The van der Waals surface area contributed by atoms with Gasteiger partial charge in [0.1, 0.15) is 5.75 Å². The number of rotatable bonds is 4. The summed E-state index contributed by atoms with van der Waals surface area (Å²) < 4.78 is 5.37. The highest BCUT2D eigenvalue weighted by Gasteiger charge is 2.39. The van der Waals surface area contributed by atoms with Crippen molar-refractivity contribution < 1.29 is 4.74 Å². The maximum Gasteiger partial charge on any atom is 0.118 e. The van der Waals surface area contributed by atoms with Gasteiger partial charge in [-0.1, -0.05) is 66.7 Å². The second-order valence-corrected chi connectivity index (χ2v) is 7.12. The van der Waals surface area contributed by atoms with E-state index in [1.54, 1.807) is 7.11 Å². The molecule has 3 aromatic carbocycles. The minimum Gasteiger partial charge on any atom is -0.497 e. The Morgan fingerprint density at radius 2 is 1.58 bits per heavy atom. The molecule has 2 nitrogen and oxygen atoms in total. The van der Waals surface area contributed by atoms with Crippen LogP contribution in [0.5, 0.6) is 5.75 Å². The minimum atomic E-state index is -0.156. The molecule has 1 heterocycles. The van der Waals surface area contributed by atoms with Gasteiger partial charge in [0.15, 0.2) is 0 Å². The Kier molecular flexibility index (Phi) is 4.52. The van der Waals surface area contributed by atoms with Crippen molar-refractivity contribution in [3.05, 3.63) is 101 Å². The minimum absolute atomic E-state index is 0.156. The summed E-state index contributed by atoms with van der Waals surface area (Å²) in [5, 5.41) is 0. The van der Waals surface area contributed by atoms with Crippen molar-refractivity contribution in [2.75, 3.05) is 13.7 Å². The predicted octanol–water partition coefficient (Wildman–Crippen LogP) is 5.02. The molecule has 0 saturated heterocycles. The van der Waals surface area contributed by atoms with Gasteiger partial charge in [-0.05, 0) is 47.7 Å². The molecular formula is C24H25NO. The molecule has 1 aliphatic rings. The van der Waals surface area contributed by atoms with Crippen LogP contribution in [0.3, 0.4) is 0 Å². The predicted molar refractivity (Wildman–Crippen MR) is 106 cm³/mol. The zero-order valence-electron chi connectivity index (χ0n) is 15.5. The zero-order chi connectivity index (χ0) is 18.0. The van der Waals surface area contributed by atoms with Crippen molar-refractivity contribution in [3.63, 3.8) is 0 Å². The third-order valence-corrected chi connectivity index (χ3v) is 5.69. The molecule has 3 aromatic rings. The van der Waals surface area contributed by atoms with Crippen molar-refractivity contribution in [2.24, 2.45) is 0 Å². The number of benzene rings is 3. The lowest BCUT2D eigenvalue weighted by molar-refractivity contribution is 0.117. The molecule has 0 aromatic heterocycles. The van der Waals surface area contributed by atoms with E-state index in [0.717, 1.165) is 25.3 Å². The molecular weight excluding hydrogens is 318 g/mol. The maximum absolute atomic E-state index is 5.37. The van der Waals surface area contributed by atoms with Gasteiger partial charge in [0.05, 0.1) is 12.6 Å². The molecule has 0 bridgehead atoms. The van der Waals surface area contributed by atoms with Gasteiger partial charge in [0.25, 0.3) is 0 Å². The molecule has 0 amide bonds. The first-order valence-corrected chi connectivity index (χ1v) is 9.23. The van der Waals surface area contributed by atoms with E-state index >= 15 is 0 Å². The maximum atomic E-state index is 5.37. The van der Waals surface area contributed by atoms with E-state index in [-0.39, 0.29) is 5.54 Å². The second-order valence-electron chi connectivity index (χ2n) is 7.12. The number of nitrogens with zero attached hydrogens (tertiary/aromatic N) is 1. The van der Waals surface area contributed by atoms with Crippen LogP contribution in [0.4, 0.5) is 0 Å². The van der Waals surface area contributed by atoms with E-state index in [1.807, 2.05) is 0 Å². The van der Waals surface area contributed by atoms with Crippen molar-refractivity contribution >= 4 is 0 Å². The summed E-state index contributed by atoms with van der Waals surface area (Å²) in [5.74, 6) is 0.899. The van der Waals surface area contributed by atoms with Gasteiger partial charge in [-0.15, -0.1) is 0 Å². The standard InChI is InChI=1S/C24H25NO/c1-24(21-12-14-22(26-2)15-13-21)23-11-7-6-10-20(23)16-17-25(24)18-19-8-4-3-5-9-19/h3-15H,16-18H2,1-2H3. The summed E-state index contributed by atoms with van der Waals surface area (Å²) in [7, 11) is 1.72. The smallest absolute Gasteiger partial charge is 0.118 e. The van der Waals surface area contributed by atoms with Crippen LogP contribution >= 0.6 is 0 Å². The quantitative estimate of drug-likeness (QED) is 0.660. The molecule has 0 fully saturated rings. The highest BCUT2D eigenvalue weighted by Crippen LogP contribution is 2.42. The van der Waals surface area contributed by atoms with Crippen LogP contribution < -0.4 is 4.74 Å². The highest BCUT2D eigenvalue weighted by atomic mass is 16.5. The van der Waals surface area contributed by atoms with Gasteiger partial charge in [-0.25, -0.2) is 0 Å². The Morgan fingerprint density at radius 3 is 2.31 bits per heavy atom. The summed E-state index contributed by atoms with van der Waals surface area (Å²) >= 11 is 0. The van der Waals surface area contributed by atoms with E-state index in [0.29, 0.717) is 0 Å². The lowest BCUT2D eigenvalue weighted by atomic mass is 9.77. The molecule has 0 aliphatic carbocycles. The lowest BCUT2D eigenvalue weighted by Gasteiger charge is -2.47. The van der Waals surface area contributed by atoms with Gasteiger partial charge in [0, 0.05) is 13.1 Å². The molecule has 1 unspecified atom stereocenters. The molecule has 0 radical (unpaired) electrons. The highest BCUT2D eigenvalue weighted by molar-refractivity contribution is 5.46. The number of fused-ring (bicyclic) bond motifs is 1. The summed E-state index contributed by atoms with van der Waals surface area (Å²) in [5.41, 5.74) is 5.37. The van der Waals surface area contributed by atoms with Crippen molar-refractivity contribution in [3.8, 4) is 5.75 Å². The van der Waals surface area contributed by atoms with Crippen LogP contribution in [0, 0.1) is 0 Å². The fourth-order valence-electron chi connectivity index (χ4n) is 4.16.